The minimum Gasteiger partial charge on any atom is -0.481 e. The third-order valence-corrected chi connectivity index (χ3v) is 3.21. The van der Waals surface area contributed by atoms with Crippen LogP contribution in [0.4, 0.5) is 13.2 Å². The zero-order chi connectivity index (χ0) is 18.5. The number of carboxylic acids is 1. The normalized spacial score (nSPS) is 17.6. The van der Waals surface area contributed by atoms with Crippen LogP contribution in [0.5, 0.6) is 0 Å². The molecule has 0 spiro atoms. The van der Waals surface area contributed by atoms with Crippen LogP contribution in [-0.2, 0) is 14.3 Å². The van der Waals surface area contributed by atoms with Crippen molar-refractivity contribution in [2.24, 2.45) is 11.3 Å². The zero-order valence-electron chi connectivity index (χ0n) is 14.4. The highest BCUT2D eigenvalue weighted by Gasteiger charge is 2.32. The summed E-state index contributed by atoms with van der Waals surface area (Å²) >= 11 is 0. The van der Waals surface area contributed by atoms with Gasteiger partial charge in [-0.25, -0.2) is 0 Å². The zero-order valence-corrected chi connectivity index (χ0v) is 14.4. The molecule has 1 saturated carbocycles. The molecule has 0 aliphatic heterocycles. The Hall–Kier alpha value is -1.27. The molecule has 0 aromatic rings. The SMILES string of the molecule is CC(C)(C)OC(=O)CC(CCC(F)(F)F)C(=O)O.CC1(C)CC1. The van der Waals surface area contributed by atoms with Crippen LogP contribution in [0.3, 0.4) is 0 Å². The molecule has 1 rings (SSSR count). The third-order valence-electron chi connectivity index (χ3n) is 3.21. The fraction of sp³-hybridized carbons (Fsp3) is 0.875. The Morgan fingerprint density at radius 2 is 1.61 bits per heavy atom. The van der Waals surface area contributed by atoms with E-state index in [1.807, 2.05) is 0 Å². The van der Waals surface area contributed by atoms with E-state index in [0.29, 0.717) is 0 Å². The van der Waals surface area contributed by atoms with Gasteiger partial charge < -0.3 is 9.84 Å². The second kappa shape index (κ2) is 8.02. The maximum Gasteiger partial charge on any atom is 0.389 e. The van der Waals surface area contributed by atoms with E-state index in [2.05, 4.69) is 13.8 Å². The number of esters is 1. The summed E-state index contributed by atoms with van der Waals surface area (Å²) in [4.78, 5) is 22.1. The number of ether oxygens (including phenoxy) is 1. The minimum absolute atomic E-state index is 0.553. The second-order valence-electron chi connectivity index (χ2n) is 7.64. The van der Waals surface area contributed by atoms with Crippen LogP contribution in [0.2, 0.25) is 0 Å². The van der Waals surface area contributed by atoms with Gasteiger partial charge >= 0.3 is 18.1 Å². The number of carbonyl (C=O) groups is 2. The highest BCUT2D eigenvalue weighted by molar-refractivity contribution is 5.78. The van der Waals surface area contributed by atoms with Gasteiger partial charge in [-0.3, -0.25) is 9.59 Å². The Bertz CT molecular complexity index is 403. The van der Waals surface area contributed by atoms with E-state index in [9.17, 15) is 22.8 Å². The van der Waals surface area contributed by atoms with Crippen LogP contribution < -0.4 is 0 Å². The molecule has 1 N–H and O–H groups in total. The highest BCUT2D eigenvalue weighted by Crippen LogP contribution is 2.43. The van der Waals surface area contributed by atoms with Crippen LogP contribution in [0.25, 0.3) is 0 Å². The van der Waals surface area contributed by atoms with Gasteiger partial charge in [0.1, 0.15) is 5.60 Å². The molecule has 1 unspecified atom stereocenters. The maximum absolute atomic E-state index is 12.0. The summed E-state index contributed by atoms with van der Waals surface area (Å²) < 4.78 is 40.8. The van der Waals surface area contributed by atoms with Crippen LogP contribution in [0.15, 0.2) is 0 Å². The molecule has 0 saturated heterocycles. The smallest absolute Gasteiger partial charge is 0.389 e. The molecular formula is C16H27F3O4. The van der Waals surface area contributed by atoms with Crippen LogP contribution >= 0.6 is 0 Å². The molecular weight excluding hydrogens is 313 g/mol. The van der Waals surface area contributed by atoms with E-state index in [-0.39, 0.29) is 0 Å². The number of carboxylic acid groups (broad SMARTS) is 1. The lowest BCUT2D eigenvalue weighted by molar-refractivity contribution is -0.162. The summed E-state index contributed by atoms with van der Waals surface area (Å²) in [5.74, 6) is -3.61. The van der Waals surface area contributed by atoms with Crippen molar-refractivity contribution >= 4 is 11.9 Å². The molecule has 4 nitrogen and oxygen atoms in total. The predicted molar refractivity (Wildman–Crippen MR) is 79.9 cm³/mol. The van der Waals surface area contributed by atoms with Crippen LogP contribution in [0.1, 0.15) is 66.7 Å². The van der Waals surface area contributed by atoms with Crippen molar-refractivity contribution in [3.05, 3.63) is 0 Å². The molecule has 0 amide bonds. The van der Waals surface area contributed by atoms with Crippen molar-refractivity contribution in [1.82, 2.24) is 0 Å². The van der Waals surface area contributed by atoms with Crippen molar-refractivity contribution in [1.29, 1.82) is 0 Å². The van der Waals surface area contributed by atoms with E-state index in [1.165, 1.54) is 12.8 Å². The molecule has 7 heteroatoms. The monoisotopic (exact) mass is 340 g/mol. The minimum atomic E-state index is -4.43. The molecule has 1 aliphatic carbocycles. The third kappa shape index (κ3) is 14.1. The van der Waals surface area contributed by atoms with E-state index in [4.69, 9.17) is 9.84 Å². The first-order valence-corrected chi connectivity index (χ1v) is 7.63. The quantitative estimate of drug-likeness (QED) is 0.745. The van der Waals surface area contributed by atoms with Gasteiger partial charge in [0.2, 0.25) is 0 Å². The summed E-state index contributed by atoms with van der Waals surface area (Å²) in [6.07, 6.45) is -3.94. The lowest BCUT2D eigenvalue weighted by Crippen LogP contribution is -2.28. The van der Waals surface area contributed by atoms with Crippen LogP contribution in [0, 0.1) is 11.3 Å². The molecule has 1 fully saturated rings. The summed E-state index contributed by atoms with van der Waals surface area (Å²) in [5, 5.41) is 8.74. The number of rotatable bonds is 5. The van der Waals surface area contributed by atoms with E-state index < -0.39 is 48.9 Å². The molecule has 0 radical (unpaired) electrons. The molecule has 0 bridgehead atoms. The molecule has 0 aromatic heterocycles. The fourth-order valence-corrected chi connectivity index (χ4v) is 1.49. The van der Waals surface area contributed by atoms with Gasteiger partial charge in [0, 0.05) is 6.42 Å². The second-order valence-corrected chi connectivity index (χ2v) is 7.64. The average molecular weight is 340 g/mol. The van der Waals surface area contributed by atoms with Crippen molar-refractivity contribution in [2.45, 2.75) is 78.5 Å². The van der Waals surface area contributed by atoms with Crippen molar-refractivity contribution in [3.63, 3.8) is 0 Å². The van der Waals surface area contributed by atoms with E-state index in [1.54, 1.807) is 20.8 Å². The highest BCUT2D eigenvalue weighted by atomic mass is 19.4. The van der Waals surface area contributed by atoms with Crippen LogP contribution in [-0.4, -0.2) is 28.8 Å². The number of hydrogen-bond acceptors (Lipinski definition) is 3. The first kappa shape index (κ1) is 21.7. The number of carbonyl (C=O) groups excluding carboxylic acids is 1. The maximum atomic E-state index is 12.0. The lowest BCUT2D eigenvalue weighted by atomic mass is 9.99. The molecule has 1 atom stereocenters. The van der Waals surface area contributed by atoms with Gasteiger partial charge in [0.05, 0.1) is 12.3 Å². The number of halogens is 3. The Kier molecular flexibility index (Phi) is 7.57. The number of alkyl halides is 3. The predicted octanol–water partition coefficient (Wildman–Crippen LogP) is 4.57. The van der Waals surface area contributed by atoms with Gasteiger partial charge in [-0.1, -0.05) is 13.8 Å². The van der Waals surface area contributed by atoms with Gasteiger partial charge in [0.15, 0.2) is 0 Å². The first-order valence-electron chi connectivity index (χ1n) is 7.63. The van der Waals surface area contributed by atoms with E-state index >= 15 is 0 Å². The molecule has 1 aliphatic rings. The molecule has 0 heterocycles. The Morgan fingerprint density at radius 3 is 1.87 bits per heavy atom. The molecule has 23 heavy (non-hydrogen) atoms. The number of aliphatic carboxylic acids is 1. The van der Waals surface area contributed by atoms with Gasteiger partial charge in [-0.2, -0.15) is 13.2 Å². The Balaban J connectivity index is 0.000000809. The Labute approximate surface area is 135 Å². The first-order chi connectivity index (χ1) is 10.1. The Morgan fingerprint density at radius 1 is 1.17 bits per heavy atom. The molecule has 0 aromatic carbocycles. The van der Waals surface area contributed by atoms with Gasteiger partial charge in [-0.15, -0.1) is 0 Å². The topological polar surface area (TPSA) is 63.6 Å². The lowest BCUT2D eigenvalue weighted by Gasteiger charge is -2.21. The summed E-state index contributed by atoms with van der Waals surface area (Å²) in [6.45, 7) is 9.38. The standard InChI is InChI=1S/C11H17F3O4.C5H10/c1-10(2,3)18-8(15)6-7(9(16)17)4-5-11(12,13)14;1-5(2)3-4-5/h7H,4-6H2,1-3H3,(H,16,17);3-4H2,1-2H3. The fourth-order valence-electron chi connectivity index (χ4n) is 1.49. The van der Waals surface area contributed by atoms with Crippen molar-refractivity contribution in [3.8, 4) is 0 Å². The summed E-state index contributed by atoms with van der Waals surface area (Å²) in [7, 11) is 0. The number of hydrogen-bond donors (Lipinski definition) is 1. The van der Waals surface area contributed by atoms with Gasteiger partial charge in [0.25, 0.3) is 0 Å². The van der Waals surface area contributed by atoms with E-state index in [0.717, 1.165) is 5.41 Å². The summed E-state index contributed by atoms with van der Waals surface area (Å²) in [6, 6.07) is 0. The van der Waals surface area contributed by atoms with Gasteiger partial charge in [-0.05, 0) is 45.4 Å². The largest absolute Gasteiger partial charge is 0.481 e. The van der Waals surface area contributed by atoms with Crippen molar-refractivity contribution < 1.29 is 32.6 Å². The molecule has 136 valence electrons. The van der Waals surface area contributed by atoms with Crippen molar-refractivity contribution in [2.75, 3.05) is 0 Å². The summed E-state index contributed by atoms with van der Waals surface area (Å²) in [5.41, 5.74) is -0.0375. The average Bonchev–Trinajstić information content (AvgIpc) is 2.96.